The fourth-order valence-corrected chi connectivity index (χ4v) is 2.81. The molecule has 1 aliphatic rings. The normalized spacial score (nSPS) is 18.0. The van der Waals surface area contributed by atoms with E-state index in [-0.39, 0.29) is 24.3 Å². The second kappa shape index (κ2) is 7.47. The highest BCUT2D eigenvalue weighted by atomic mass is 16.5. The summed E-state index contributed by atoms with van der Waals surface area (Å²) in [6, 6.07) is 9.38. The van der Waals surface area contributed by atoms with Crippen molar-refractivity contribution in [1.82, 2.24) is 15.0 Å². The lowest BCUT2D eigenvalue weighted by atomic mass is 9.98. The molecule has 1 saturated heterocycles. The predicted molar refractivity (Wildman–Crippen MR) is 88.9 cm³/mol. The quantitative estimate of drug-likeness (QED) is 0.843. The Hall–Kier alpha value is -2.37. The third kappa shape index (κ3) is 3.93. The van der Waals surface area contributed by atoms with Crippen LogP contribution in [0.4, 0.5) is 0 Å². The van der Waals surface area contributed by atoms with Crippen molar-refractivity contribution in [2.75, 3.05) is 19.7 Å². The van der Waals surface area contributed by atoms with Gasteiger partial charge in [-0.25, -0.2) is 0 Å². The lowest BCUT2D eigenvalue weighted by molar-refractivity contribution is -0.134. The number of benzene rings is 1. The van der Waals surface area contributed by atoms with Gasteiger partial charge in [0.25, 0.3) is 5.91 Å². The molecule has 0 radical (unpaired) electrons. The van der Waals surface area contributed by atoms with Crippen molar-refractivity contribution in [3.63, 3.8) is 0 Å². The summed E-state index contributed by atoms with van der Waals surface area (Å²) in [6.45, 7) is 5.48. The number of ether oxygens (including phenoxy) is 1. The van der Waals surface area contributed by atoms with Gasteiger partial charge in [-0.15, -0.1) is 0 Å². The van der Waals surface area contributed by atoms with Crippen LogP contribution in [0.5, 0.6) is 5.75 Å². The standard InChI is InChI=1S/C18H23N3O3/c1-13(2)17-19-18(24-20-17)14-7-6-10-21(11-14)16(22)12-23-15-8-4-3-5-9-15/h3-5,8-9,13-14H,6-7,10-12H2,1-2H3/t14-/m1/s1. The van der Waals surface area contributed by atoms with Gasteiger partial charge in [-0.1, -0.05) is 37.2 Å². The van der Waals surface area contributed by atoms with Crippen molar-refractivity contribution >= 4 is 5.91 Å². The average molecular weight is 329 g/mol. The van der Waals surface area contributed by atoms with Crippen LogP contribution in [0.25, 0.3) is 0 Å². The molecule has 6 nitrogen and oxygen atoms in total. The molecule has 0 saturated carbocycles. The van der Waals surface area contributed by atoms with E-state index >= 15 is 0 Å². The molecule has 128 valence electrons. The summed E-state index contributed by atoms with van der Waals surface area (Å²) in [4.78, 5) is 18.7. The molecule has 1 amide bonds. The molecule has 0 spiro atoms. The van der Waals surface area contributed by atoms with Gasteiger partial charge in [-0.05, 0) is 25.0 Å². The van der Waals surface area contributed by atoms with Crippen LogP contribution in [0.2, 0.25) is 0 Å². The van der Waals surface area contributed by atoms with Crippen molar-refractivity contribution in [1.29, 1.82) is 0 Å². The maximum absolute atomic E-state index is 12.4. The van der Waals surface area contributed by atoms with Crippen LogP contribution in [0, 0.1) is 0 Å². The molecule has 3 rings (SSSR count). The van der Waals surface area contributed by atoms with Gasteiger partial charge in [-0.3, -0.25) is 4.79 Å². The Kier molecular flexibility index (Phi) is 5.13. The van der Waals surface area contributed by atoms with Crippen LogP contribution in [-0.2, 0) is 4.79 Å². The smallest absolute Gasteiger partial charge is 0.260 e. The number of rotatable bonds is 5. The Morgan fingerprint density at radius 2 is 2.17 bits per heavy atom. The molecule has 2 aromatic rings. The molecule has 1 fully saturated rings. The third-order valence-corrected chi connectivity index (χ3v) is 4.20. The number of carbonyl (C=O) groups excluding carboxylic acids is 1. The van der Waals surface area contributed by atoms with Crippen LogP contribution < -0.4 is 4.74 Å². The number of hydrogen-bond donors (Lipinski definition) is 0. The molecule has 0 unspecified atom stereocenters. The molecule has 0 bridgehead atoms. The molecule has 1 aromatic heterocycles. The lowest BCUT2D eigenvalue weighted by Gasteiger charge is -2.30. The molecule has 24 heavy (non-hydrogen) atoms. The van der Waals surface area contributed by atoms with E-state index in [0.29, 0.717) is 18.2 Å². The summed E-state index contributed by atoms with van der Waals surface area (Å²) in [5.74, 6) is 2.41. The molecular formula is C18H23N3O3. The number of piperidine rings is 1. The van der Waals surface area contributed by atoms with Gasteiger partial charge in [0.05, 0.1) is 5.92 Å². The highest BCUT2D eigenvalue weighted by molar-refractivity contribution is 5.78. The second-order valence-corrected chi connectivity index (χ2v) is 6.43. The fraction of sp³-hybridized carbons (Fsp3) is 0.500. The van der Waals surface area contributed by atoms with E-state index in [9.17, 15) is 4.79 Å². The highest BCUT2D eigenvalue weighted by Gasteiger charge is 2.29. The van der Waals surface area contributed by atoms with Crippen molar-refractivity contribution < 1.29 is 14.1 Å². The zero-order valence-electron chi connectivity index (χ0n) is 14.1. The number of likely N-dealkylation sites (tertiary alicyclic amines) is 1. The largest absolute Gasteiger partial charge is 0.484 e. The van der Waals surface area contributed by atoms with E-state index in [4.69, 9.17) is 9.26 Å². The number of hydrogen-bond acceptors (Lipinski definition) is 5. The second-order valence-electron chi connectivity index (χ2n) is 6.43. The number of para-hydroxylation sites is 1. The Morgan fingerprint density at radius 3 is 2.88 bits per heavy atom. The molecule has 6 heteroatoms. The monoisotopic (exact) mass is 329 g/mol. The first-order valence-corrected chi connectivity index (χ1v) is 8.42. The molecule has 1 aromatic carbocycles. The minimum absolute atomic E-state index is 0.00727. The Morgan fingerprint density at radius 1 is 1.38 bits per heavy atom. The van der Waals surface area contributed by atoms with Crippen molar-refractivity contribution in [2.24, 2.45) is 0 Å². The molecular weight excluding hydrogens is 306 g/mol. The first-order valence-electron chi connectivity index (χ1n) is 8.42. The molecule has 0 aliphatic carbocycles. The number of aromatic nitrogens is 2. The average Bonchev–Trinajstić information content (AvgIpc) is 3.11. The fourth-order valence-electron chi connectivity index (χ4n) is 2.81. The van der Waals surface area contributed by atoms with Gasteiger partial charge < -0.3 is 14.2 Å². The van der Waals surface area contributed by atoms with Gasteiger partial charge >= 0.3 is 0 Å². The van der Waals surface area contributed by atoms with Crippen LogP contribution in [0.1, 0.15) is 50.2 Å². The summed E-state index contributed by atoms with van der Waals surface area (Å²) in [6.07, 6.45) is 1.89. The summed E-state index contributed by atoms with van der Waals surface area (Å²) >= 11 is 0. The summed E-state index contributed by atoms with van der Waals surface area (Å²) in [5.41, 5.74) is 0. The Labute approximate surface area is 141 Å². The zero-order chi connectivity index (χ0) is 16.9. The highest BCUT2D eigenvalue weighted by Crippen LogP contribution is 2.26. The number of nitrogens with zero attached hydrogens (tertiary/aromatic N) is 3. The first-order chi connectivity index (χ1) is 11.6. The van der Waals surface area contributed by atoms with E-state index in [0.717, 1.165) is 25.2 Å². The minimum atomic E-state index is -0.00727. The van der Waals surface area contributed by atoms with Crippen molar-refractivity contribution in [3.8, 4) is 5.75 Å². The van der Waals surface area contributed by atoms with Crippen LogP contribution in [-0.4, -0.2) is 40.6 Å². The predicted octanol–water partition coefficient (Wildman–Crippen LogP) is 2.98. The van der Waals surface area contributed by atoms with Crippen LogP contribution in [0.15, 0.2) is 34.9 Å². The van der Waals surface area contributed by atoms with Crippen LogP contribution >= 0.6 is 0 Å². The number of carbonyl (C=O) groups is 1. The van der Waals surface area contributed by atoms with Gasteiger partial charge in [-0.2, -0.15) is 4.98 Å². The number of amides is 1. The van der Waals surface area contributed by atoms with E-state index in [1.165, 1.54) is 0 Å². The summed E-state index contributed by atoms with van der Waals surface area (Å²) in [7, 11) is 0. The first kappa shape index (κ1) is 16.5. The van der Waals surface area contributed by atoms with Crippen molar-refractivity contribution in [2.45, 2.75) is 38.5 Å². The van der Waals surface area contributed by atoms with E-state index < -0.39 is 0 Å². The SMILES string of the molecule is CC(C)c1noc([C@@H]2CCCN(C(=O)COc3ccccc3)C2)n1. The summed E-state index contributed by atoms with van der Waals surface area (Å²) < 4.78 is 10.9. The van der Waals surface area contributed by atoms with Gasteiger partial charge in [0.1, 0.15) is 5.75 Å². The van der Waals surface area contributed by atoms with E-state index in [2.05, 4.69) is 10.1 Å². The minimum Gasteiger partial charge on any atom is -0.484 e. The van der Waals surface area contributed by atoms with Crippen molar-refractivity contribution in [3.05, 3.63) is 42.0 Å². The third-order valence-electron chi connectivity index (χ3n) is 4.20. The molecule has 2 heterocycles. The zero-order valence-corrected chi connectivity index (χ0v) is 14.1. The molecule has 1 atom stereocenters. The topological polar surface area (TPSA) is 68.5 Å². The maximum atomic E-state index is 12.4. The van der Waals surface area contributed by atoms with Gasteiger partial charge in [0.15, 0.2) is 12.4 Å². The molecule has 0 N–H and O–H groups in total. The Balaban J connectivity index is 1.57. The van der Waals surface area contributed by atoms with E-state index in [1.54, 1.807) is 0 Å². The summed E-state index contributed by atoms with van der Waals surface area (Å²) in [5, 5.41) is 4.02. The van der Waals surface area contributed by atoms with E-state index in [1.807, 2.05) is 49.1 Å². The van der Waals surface area contributed by atoms with Crippen LogP contribution in [0.3, 0.4) is 0 Å². The van der Waals surface area contributed by atoms with Gasteiger partial charge in [0, 0.05) is 19.0 Å². The maximum Gasteiger partial charge on any atom is 0.260 e. The Bertz CT molecular complexity index is 669. The lowest BCUT2D eigenvalue weighted by Crippen LogP contribution is -2.41. The van der Waals surface area contributed by atoms with Gasteiger partial charge in [0.2, 0.25) is 5.89 Å². The molecule has 1 aliphatic heterocycles.